The molecule has 0 aromatic heterocycles. The molecule has 0 spiro atoms. The van der Waals surface area contributed by atoms with E-state index in [0.717, 1.165) is 25.1 Å². The normalized spacial score (nSPS) is 11.1. The predicted octanol–water partition coefficient (Wildman–Crippen LogP) is 4.19. The van der Waals surface area contributed by atoms with Gasteiger partial charge in [0.1, 0.15) is 5.82 Å². The van der Waals surface area contributed by atoms with Gasteiger partial charge >= 0.3 is 0 Å². The zero-order chi connectivity index (χ0) is 12.2. The fourth-order valence-electron chi connectivity index (χ4n) is 1.39. The summed E-state index contributed by atoms with van der Waals surface area (Å²) in [6.07, 6.45) is 0.926. The molecule has 0 unspecified atom stereocenters. The van der Waals surface area contributed by atoms with Gasteiger partial charge < -0.3 is 5.32 Å². The molecule has 98 valence electrons. The highest BCUT2D eigenvalue weighted by Gasteiger charge is 2.08. The summed E-state index contributed by atoms with van der Waals surface area (Å²) in [5.41, 5.74) is 1.46. The van der Waals surface area contributed by atoms with E-state index in [2.05, 4.69) is 42.0 Å². The van der Waals surface area contributed by atoms with Crippen LogP contribution >= 0.6 is 28.3 Å². The lowest BCUT2D eigenvalue weighted by Gasteiger charge is -2.18. The van der Waals surface area contributed by atoms with Gasteiger partial charge in [0.15, 0.2) is 0 Å². The van der Waals surface area contributed by atoms with Gasteiger partial charge in [-0.2, -0.15) is 0 Å². The van der Waals surface area contributed by atoms with Crippen molar-refractivity contribution in [3.63, 3.8) is 0 Å². The Labute approximate surface area is 118 Å². The van der Waals surface area contributed by atoms with E-state index in [-0.39, 0.29) is 18.2 Å². The fourth-order valence-corrected chi connectivity index (χ4v) is 1.82. The first-order valence-electron chi connectivity index (χ1n) is 5.53. The number of halogens is 3. The highest BCUT2D eigenvalue weighted by Crippen LogP contribution is 2.17. The highest BCUT2D eigenvalue weighted by molar-refractivity contribution is 9.10. The van der Waals surface area contributed by atoms with Crippen molar-refractivity contribution < 1.29 is 4.39 Å². The molecule has 1 aromatic carbocycles. The van der Waals surface area contributed by atoms with Gasteiger partial charge in [0, 0.05) is 6.54 Å². The van der Waals surface area contributed by atoms with Crippen molar-refractivity contribution in [3.8, 4) is 0 Å². The van der Waals surface area contributed by atoms with Crippen LogP contribution < -0.4 is 5.32 Å². The van der Waals surface area contributed by atoms with Crippen LogP contribution in [-0.4, -0.2) is 13.1 Å². The monoisotopic (exact) mass is 323 g/mol. The van der Waals surface area contributed by atoms with Gasteiger partial charge in [-0.25, -0.2) is 4.39 Å². The van der Waals surface area contributed by atoms with Gasteiger partial charge in [0.25, 0.3) is 0 Å². The van der Waals surface area contributed by atoms with Crippen LogP contribution in [0.4, 0.5) is 4.39 Å². The summed E-state index contributed by atoms with van der Waals surface area (Å²) in [5, 5.41) is 3.40. The molecule has 4 heteroatoms. The molecule has 0 aliphatic heterocycles. The van der Waals surface area contributed by atoms with E-state index >= 15 is 0 Å². The Morgan fingerprint density at radius 1 is 1.29 bits per heavy atom. The lowest BCUT2D eigenvalue weighted by molar-refractivity contribution is 0.381. The number of benzene rings is 1. The number of rotatable bonds is 4. The van der Waals surface area contributed by atoms with E-state index < -0.39 is 0 Å². The second-order valence-electron chi connectivity index (χ2n) is 5.24. The highest BCUT2D eigenvalue weighted by atomic mass is 79.9. The molecule has 0 atom stereocenters. The van der Waals surface area contributed by atoms with Crippen LogP contribution in [0.15, 0.2) is 22.7 Å². The maximum absolute atomic E-state index is 13.0. The van der Waals surface area contributed by atoms with Crippen LogP contribution in [0, 0.1) is 11.2 Å². The Morgan fingerprint density at radius 3 is 2.47 bits per heavy atom. The van der Waals surface area contributed by atoms with E-state index in [1.165, 1.54) is 6.07 Å². The van der Waals surface area contributed by atoms with Crippen LogP contribution in [0.3, 0.4) is 0 Å². The lowest BCUT2D eigenvalue weighted by Crippen LogP contribution is -2.28. The maximum atomic E-state index is 13.0. The molecule has 0 aliphatic rings. The van der Waals surface area contributed by atoms with E-state index in [1.807, 2.05) is 12.1 Å². The van der Waals surface area contributed by atoms with Crippen LogP contribution in [0.1, 0.15) is 26.3 Å². The predicted molar refractivity (Wildman–Crippen MR) is 77.4 cm³/mol. The van der Waals surface area contributed by atoms with Crippen LogP contribution in [0.25, 0.3) is 0 Å². The SMILES string of the molecule is CC(C)(C)CNCCc1ccc(F)c(Br)c1.Cl. The van der Waals surface area contributed by atoms with E-state index in [9.17, 15) is 4.39 Å². The van der Waals surface area contributed by atoms with Crippen molar-refractivity contribution >= 4 is 28.3 Å². The molecule has 0 radical (unpaired) electrons. The maximum Gasteiger partial charge on any atom is 0.137 e. The summed E-state index contributed by atoms with van der Waals surface area (Å²) in [6, 6.07) is 5.18. The molecular formula is C13H20BrClFN. The lowest BCUT2D eigenvalue weighted by atomic mass is 9.97. The molecule has 0 saturated carbocycles. The summed E-state index contributed by atoms with van der Waals surface area (Å²) < 4.78 is 13.5. The first kappa shape index (κ1) is 16.9. The molecule has 0 aliphatic carbocycles. The minimum Gasteiger partial charge on any atom is -0.316 e. The second-order valence-corrected chi connectivity index (χ2v) is 6.09. The van der Waals surface area contributed by atoms with Crippen molar-refractivity contribution in [2.24, 2.45) is 5.41 Å². The molecule has 1 N–H and O–H groups in total. The first-order chi connectivity index (χ1) is 7.38. The molecule has 17 heavy (non-hydrogen) atoms. The average molecular weight is 325 g/mol. The Bertz CT molecular complexity index is 350. The van der Waals surface area contributed by atoms with Crippen molar-refractivity contribution in [2.45, 2.75) is 27.2 Å². The molecule has 0 amide bonds. The quantitative estimate of drug-likeness (QED) is 0.819. The summed E-state index contributed by atoms with van der Waals surface area (Å²) >= 11 is 3.19. The minimum atomic E-state index is -0.202. The number of hydrogen-bond acceptors (Lipinski definition) is 1. The Morgan fingerprint density at radius 2 is 1.94 bits per heavy atom. The summed E-state index contributed by atoms with van der Waals surface area (Å²) in [4.78, 5) is 0. The minimum absolute atomic E-state index is 0. The first-order valence-corrected chi connectivity index (χ1v) is 6.32. The molecule has 0 fully saturated rings. The van der Waals surface area contributed by atoms with E-state index in [1.54, 1.807) is 0 Å². The number of hydrogen-bond donors (Lipinski definition) is 1. The Hall–Kier alpha value is -0.120. The largest absolute Gasteiger partial charge is 0.316 e. The van der Waals surface area contributed by atoms with Crippen molar-refractivity contribution in [1.82, 2.24) is 5.32 Å². The Kier molecular flexibility index (Phi) is 7.29. The molecule has 1 aromatic rings. The summed E-state index contributed by atoms with van der Waals surface area (Å²) in [6.45, 7) is 8.53. The third-order valence-electron chi connectivity index (χ3n) is 2.23. The van der Waals surface area contributed by atoms with Gasteiger partial charge in [0.05, 0.1) is 4.47 Å². The molecule has 1 nitrogen and oxygen atoms in total. The summed E-state index contributed by atoms with van der Waals surface area (Å²) in [7, 11) is 0. The third-order valence-corrected chi connectivity index (χ3v) is 2.84. The fraction of sp³-hybridized carbons (Fsp3) is 0.538. The van der Waals surface area contributed by atoms with Crippen molar-refractivity contribution in [2.75, 3.05) is 13.1 Å². The Balaban J connectivity index is 0.00000256. The standard InChI is InChI=1S/C13H19BrFN.ClH/c1-13(2,3)9-16-7-6-10-4-5-12(15)11(14)8-10;/h4-5,8,16H,6-7,9H2,1-3H3;1H. The third kappa shape index (κ3) is 7.02. The summed E-state index contributed by atoms with van der Waals surface area (Å²) in [5.74, 6) is -0.202. The van der Waals surface area contributed by atoms with Crippen molar-refractivity contribution in [3.05, 3.63) is 34.1 Å². The molecule has 0 heterocycles. The zero-order valence-corrected chi connectivity index (χ0v) is 12.9. The second kappa shape index (κ2) is 7.34. The molecule has 0 bridgehead atoms. The molecule has 0 saturated heterocycles. The average Bonchev–Trinajstić information content (AvgIpc) is 2.17. The van der Waals surface area contributed by atoms with Crippen molar-refractivity contribution in [1.29, 1.82) is 0 Å². The molecular weight excluding hydrogens is 305 g/mol. The van der Waals surface area contributed by atoms with E-state index in [0.29, 0.717) is 9.89 Å². The number of nitrogens with one attached hydrogen (secondary N) is 1. The smallest absolute Gasteiger partial charge is 0.137 e. The van der Waals surface area contributed by atoms with Gasteiger partial charge in [-0.1, -0.05) is 26.8 Å². The zero-order valence-electron chi connectivity index (χ0n) is 10.5. The van der Waals surface area contributed by atoms with Gasteiger partial charge in [-0.05, 0) is 52.0 Å². The van der Waals surface area contributed by atoms with Crippen LogP contribution in [0.5, 0.6) is 0 Å². The topological polar surface area (TPSA) is 12.0 Å². The van der Waals surface area contributed by atoms with Crippen LogP contribution in [-0.2, 0) is 6.42 Å². The van der Waals surface area contributed by atoms with Crippen LogP contribution in [0.2, 0.25) is 0 Å². The van der Waals surface area contributed by atoms with Gasteiger partial charge in [-0.3, -0.25) is 0 Å². The van der Waals surface area contributed by atoms with E-state index in [4.69, 9.17) is 0 Å². The van der Waals surface area contributed by atoms with Gasteiger partial charge in [0.2, 0.25) is 0 Å². The molecule has 1 rings (SSSR count). The van der Waals surface area contributed by atoms with Gasteiger partial charge in [-0.15, -0.1) is 12.4 Å².